The number of nitrogens with one attached hydrogen (secondary N) is 1. The summed E-state index contributed by atoms with van der Waals surface area (Å²) < 4.78 is 0.664. The highest BCUT2D eigenvalue weighted by molar-refractivity contribution is 9.10. The number of benzene rings is 1. The van der Waals surface area contributed by atoms with Crippen LogP contribution >= 0.6 is 27.5 Å². The maximum atomic E-state index is 11.0. The number of amides is 1. The zero-order valence-electron chi connectivity index (χ0n) is 9.04. The minimum absolute atomic E-state index is 0.173. The highest BCUT2D eigenvalue weighted by Crippen LogP contribution is 2.27. The lowest BCUT2D eigenvalue weighted by molar-refractivity contribution is -0.137. The molecular formula is C11H11BrClNO3. The van der Waals surface area contributed by atoms with E-state index in [1.165, 1.54) is 6.92 Å². The largest absolute Gasteiger partial charge is 0.481 e. The van der Waals surface area contributed by atoms with Crippen LogP contribution in [0.1, 0.15) is 24.9 Å². The van der Waals surface area contributed by atoms with Gasteiger partial charge in [0, 0.05) is 11.4 Å². The summed E-state index contributed by atoms with van der Waals surface area (Å²) in [5, 5.41) is 11.9. The topological polar surface area (TPSA) is 66.4 Å². The first-order chi connectivity index (χ1) is 7.90. The highest BCUT2D eigenvalue weighted by atomic mass is 79.9. The van der Waals surface area contributed by atoms with Crippen LogP contribution in [0.3, 0.4) is 0 Å². The molecule has 0 aliphatic carbocycles. The predicted molar refractivity (Wildman–Crippen MR) is 68.0 cm³/mol. The second kappa shape index (κ2) is 6.02. The van der Waals surface area contributed by atoms with Gasteiger partial charge in [-0.05, 0) is 33.6 Å². The molecule has 1 rings (SSSR count). The summed E-state index contributed by atoms with van der Waals surface area (Å²) in [4.78, 5) is 21.7. The van der Waals surface area contributed by atoms with Crippen LogP contribution in [-0.2, 0) is 9.59 Å². The predicted octanol–water partition coefficient (Wildman–Crippen LogP) is 2.75. The molecule has 0 saturated heterocycles. The highest BCUT2D eigenvalue weighted by Gasteiger charge is 2.17. The Kier molecular flexibility index (Phi) is 4.96. The number of hydrogen-bond acceptors (Lipinski definition) is 2. The molecule has 0 unspecified atom stereocenters. The van der Waals surface area contributed by atoms with Gasteiger partial charge >= 0.3 is 5.97 Å². The van der Waals surface area contributed by atoms with E-state index in [0.717, 1.165) is 0 Å². The summed E-state index contributed by atoms with van der Waals surface area (Å²) in [7, 11) is 0. The van der Waals surface area contributed by atoms with E-state index in [-0.39, 0.29) is 12.3 Å². The van der Waals surface area contributed by atoms with Crippen molar-refractivity contribution >= 4 is 39.4 Å². The lowest BCUT2D eigenvalue weighted by Crippen LogP contribution is -2.27. The summed E-state index contributed by atoms with van der Waals surface area (Å²) in [5.41, 5.74) is 0.693. The first-order valence-corrected chi connectivity index (χ1v) is 6.01. The number of aliphatic carboxylic acids is 1. The van der Waals surface area contributed by atoms with E-state index in [0.29, 0.717) is 15.1 Å². The summed E-state index contributed by atoms with van der Waals surface area (Å²) in [6.07, 6.45) is -0.173. The van der Waals surface area contributed by atoms with Crippen molar-refractivity contribution in [3.05, 3.63) is 33.3 Å². The fourth-order valence-electron chi connectivity index (χ4n) is 1.40. The number of hydrogen-bond donors (Lipinski definition) is 2. The van der Waals surface area contributed by atoms with Gasteiger partial charge in [0.15, 0.2) is 0 Å². The average molecular weight is 321 g/mol. The van der Waals surface area contributed by atoms with Crippen molar-refractivity contribution in [2.45, 2.75) is 19.4 Å². The van der Waals surface area contributed by atoms with E-state index in [1.807, 2.05) is 0 Å². The van der Waals surface area contributed by atoms with Gasteiger partial charge in [-0.2, -0.15) is 0 Å². The lowest BCUT2D eigenvalue weighted by Gasteiger charge is -2.16. The molecule has 0 aliphatic rings. The van der Waals surface area contributed by atoms with Gasteiger partial charge < -0.3 is 10.4 Å². The molecule has 0 aromatic heterocycles. The van der Waals surface area contributed by atoms with Crippen molar-refractivity contribution in [3.63, 3.8) is 0 Å². The summed E-state index contributed by atoms with van der Waals surface area (Å²) in [6.45, 7) is 1.35. The van der Waals surface area contributed by atoms with Gasteiger partial charge in [-0.3, -0.25) is 9.59 Å². The third-order valence-electron chi connectivity index (χ3n) is 2.10. The van der Waals surface area contributed by atoms with E-state index in [9.17, 15) is 9.59 Å². The molecule has 6 heteroatoms. The van der Waals surface area contributed by atoms with Crippen molar-refractivity contribution in [1.82, 2.24) is 5.32 Å². The van der Waals surface area contributed by atoms with Crippen LogP contribution in [0.4, 0.5) is 0 Å². The molecule has 0 fully saturated rings. The molecule has 17 heavy (non-hydrogen) atoms. The van der Waals surface area contributed by atoms with E-state index >= 15 is 0 Å². The molecule has 0 saturated carbocycles. The van der Waals surface area contributed by atoms with Crippen molar-refractivity contribution in [2.24, 2.45) is 0 Å². The van der Waals surface area contributed by atoms with Crippen LogP contribution in [-0.4, -0.2) is 17.0 Å². The average Bonchev–Trinajstić information content (AvgIpc) is 2.19. The normalized spacial score (nSPS) is 11.9. The first kappa shape index (κ1) is 14.0. The van der Waals surface area contributed by atoms with Crippen molar-refractivity contribution in [1.29, 1.82) is 0 Å². The van der Waals surface area contributed by atoms with Crippen LogP contribution in [0.2, 0.25) is 5.02 Å². The number of carboxylic acid groups (broad SMARTS) is 1. The molecule has 1 aromatic rings. The number of carbonyl (C=O) groups is 2. The number of carboxylic acids is 1. The van der Waals surface area contributed by atoms with Gasteiger partial charge in [-0.15, -0.1) is 0 Å². The summed E-state index contributed by atoms with van der Waals surface area (Å²) in [5.74, 6) is -1.25. The molecule has 1 atom stereocenters. The standard InChI is InChI=1S/C11H11BrClNO3/c1-6(15)14-10(5-11(16)17)7-2-3-9(13)8(12)4-7/h2-4,10H,5H2,1H3,(H,14,15)(H,16,17)/t10-/m0/s1. The second-order valence-electron chi connectivity index (χ2n) is 3.52. The van der Waals surface area contributed by atoms with Crippen LogP contribution in [0, 0.1) is 0 Å². The molecule has 0 aliphatic heterocycles. The third-order valence-corrected chi connectivity index (χ3v) is 3.32. The minimum atomic E-state index is -0.977. The van der Waals surface area contributed by atoms with Crippen LogP contribution < -0.4 is 5.32 Å². The lowest BCUT2D eigenvalue weighted by atomic mass is 10.0. The monoisotopic (exact) mass is 319 g/mol. The van der Waals surface area contributed by atoms with Crippen molar-refractivity contribution < 1.29 is 14.7 Å². The fourth-order valence-corrected chi connectivity index (χ4v) is 1.92. The van der Waals surface area contributed by atoms with E-state index in [1.54, 1.807) is 18.2 Å². The minimum Gasteiger partial charge on any atom is -0.481 e. The maximum absolute atomic E-state index is 11.0. The van der Waals surface area contributed by atoms with Gasteiger partial charge in [0.05, 0.1) is 17.5 Å². The Morgan fingerprint density at radius 1 is 1.53 bits per heavy atom. The summed E-state index contributed by atoms with van der Waals surface area (Å²) in [6, 6.07) is 4.48. The molecule has 0 heterocycles. The van der Waals surface area contributed by atoms with E-state index in [4.69, 9.17) is 16.7 Å². The third kappa shape index (κ3) is 4.36. The second-order valence-corrected chi connectivity index (χ2v) is 4.79. The molecule has 2 N–H and O–H groups in total. The van der Waals surface area contributed by atoms with Gasteiger partial charge in [-0.25, -0.2) is 0 Å². The maximum Gasteiger partial charge on any atom is 0.305 e. The fraction of sp³-hybridized carbons (Fsp3) is 0.273. The first-order valence-electron chi connectivity index (χ1n) is 4.84. The molecular weight excluding hydrogens is 309 g/mol. The van der Waals surface area contributed by atoms with Gasteiger partial charge in [0.1, 0.15) is 0 Å². The smallest absolute Gasteiger partial charge is 0.305 e. The SMILES string of the molecule is CC(=O)N[C@@H](CC(=O)O)c1ccc(Cl)c(Br)c1. The summed E-state index contributed by atoms with van der Waals surface area (Å²) >= 11 is 9.10. The van der Waals surface area contributed by atoms with Crippen LogP contribution in [0.5, 0.6) is 0 Å². The Bertz CT molecular complexity index is 434. The number of rotatable bonds is 4. The van der Waals surface area contributed by atoms with E-state index < -0.39 is 12.0 Å². The zero-order chi connectivity index (χ0) is 13.0. The van der Waals surface area contributed by atoms with Crippen molar-refractivity contribution in [3.8, 4) is 0 Å². The Hall–Kier alpha value is -1.07. The Labute approximate surface area is 112 Å². The number of halogens is 2. The molecule has 0 spiro atoms. The Balaban J connectivity index is 2.98. The van der Waals surface area contributed by atoms with Gasteiger partial charge in [0.25, 0.3) is 0 Å². The molecule has 1 aromatic carbocycles. The van der Waals surface area contributed by atoms with Crippen LogP contribution in [0.15, 0.2) is 22.7 Å². The molecule has 92 valence electrons. The molecule has 1 amide bonds. The number of carbonyl (C=O) groups excluding carboxylic acids is 1. The van der Waals surface area contributed by atoms with Gasteiger partial charge in [0.2, 0.25) is 5.91 Å². The Morgan fingerprint density at radius 3 is 2.65 bits per heavy atom. The Morgan fingerprint density at radius 2 is 2.18 bits per heavy atom. The molecule has 0 bridgehead atoms. The molecule has 0 radical (unpaired) electrons. The molecule has 4 nitrogen and oxygen atoms in total. The van der Waals surface area contributed by atoms with E-state index in [2.05, 4.69) is 21.2 Å². The quantitative estimate of drug-likeness (QED) is 0.896. The van der Waals surface area contributed by atoms with Crippen LogP contribution in [0.25, 0.3) is 0 Å². The zero-order valence-corrected chi connectivity index (χ0v) is 11.4. The van der Waals surface area contributed by atoms with Gasteiger partial charge in [-0.1, -0.05) is 17.7 Å². The van der Waals surface area contributed by atoms with Crippen molar-refractivity contribution in [2.75, 3.05) is 0 Å².